The van der Waals surface area contributed by atoms with Gasteiger partial charge in [0.15, 0.2) is 0 Å². The third-order valence-electron chi connectivity index (χ3n) is 2.44. The second kappa shape index (κ2) is 6.81. The van der Waals surface area contributed by atoms with E-state index in [0.29, 0.717) is 15.8 Å². The van der Waals surface area contributed by atoms with E-state index >= 15 is 0 Å². The number of nitrogens with zero attached hydrogens (tertiary/aromatic N) is 1. The second-order valence-electron chi connectivity index (χ2n) is 4.29. The summed E-state index contributed by atoms with van der Waals surface area (Å²) in [6, 6.07) is 3.00. The number of unbranched alkanes of at least 4 members (excludes halogenated alkanes) is 1. The number of nitrogens with two attached hydrogens (primary N) is 1. The summed E-state index contributed by atoms with van der Waals surface area (Å²) in [6.45, 7) is 1.87. The van der Waals surface area contributed by atoms with Crippen LogP contribution in [0, 0.1) is 5.82 Å². The molecular formula is C12H19BrFN3. The number of nitrogen functional groups attached to an aromatic ring is 1. The van der Waals surface area contributed by atoms with Crippen molar-refractivity contribution in [3.63, 3.8) is 0 Å². The Kier molecular flexibility index (Phi) is 5.71. The first kappa shape index (κ1) is 14.3. The highest BCUT2D eigenvalue weighted by atomic mass is 79.9. The van der Waals surface area contributed by atoms with Crippen molar-refractivity contribution in [1.82, 2.24) is 4.90 Å². The molecule has 0 heterocycles. The molecule has 3 nitrogen and oxygen atoms in total. The van der Waals surface area contributed by atoms with Gasteiger partial charge in [0.05, 0.1) is 15.8 Å². The number of halogens is 2. The average molecular weight is 304 g/mol. The first-order valence-corrected chi connectivity index (χ1v) is 6.43. The summed E-state index contributed by atoms with van der Waals surface area (Å²) in [5.41, 5.74) is 7.01. The van der Waals surface area contributed by atoms with Crippen molar-refractivity contribution in [2.45, 2.75) is 12.8 Å². The van der Waals surface area contributed by atoms with Gasteiger partial charge < -0.3 is 16.0 Å². The minimum Gasteiger partial charge on any atom is -0.397 e. The molecule has 5 heteroatoms. The van der Waals surface area contributed by atoms with Crippen molar-refractivity contribution in [1.29, 1.82) is 0 Å². The standard InChI is InChI=1S/C12H19BrFN3/c1-17(2)6-4-3-5-16-12-8-10(14)9(13)7-11(12)15/h7-8,16H,3-6,15H2,1-2H3. The van der Waals surface area contributed by atoms with Crippen molar-refractivity contribution >= 4 is 27.3 Å². The van der Waals surface area contributed by atoms with E-state index in [1.54, 1.807) is 6.07 Å². The molecule has 0 bridgehead atoms. The molecule has 0 aromatic heterocycles. The van der Waals surface area contributed by atoms with E-state index < -0.39 is 0 Å². The maximum Gasteiger partial charge on any atom is 0.139 e. The minimum atomic E-state index is -0.296. The Morgan fingerprint density at radius 2 is 2.06 bits per heavy atom. The fraction of sp³-hybridized carbons (Fsp3) is 0.500. The zero-order valence-corrected chi connectivity index (χ0v) is 11.8. The molecule has 0 spiro atoms. The predicted octanol–water partition coefficient (Wildman–Crippen LogP) is 2.92. The topological polar surface area (TPSA) is 41.3 Å². The fourth-order valence-corrected chi connectivity index (χ4v) is 1.85. The number of nitrogens with one attached hydrogen (secondary N) is 1. The summed E-state index contributed by atoms with van der Waals surface area (Å²) in [7, 11) is 4.10. The van der Waals surface area contributed by atoms with Crippen LogP contribution in [0.3, 0.4) is 0 Å². The van der Waals surface area contributed by atoms with Crippen LogP contribution in [0.1, 0.15) is 12.8 Å². The molecule has 0 atom stereocenters. The summed E-state index contributed by atoms with van der Waals surface area (Å²) in [6.07, 6.45) is 2.15. The van der Waals surface area contributed by atoms with Crippen LogP contribution in [0.2, 0.25) is 0 Å². The lowest BCUT2D eigenvalue weighted by Gasteiger charge is -2.12. The third-order valence-corrected chi connectivity index (χ3v) is 3.05. The molecule has 0 saturated carbocycles. The Bertz CT molecular complexity index is 369. The number of benzene rings is 1. The van der Waals surface area contributed by atoms with E-state index in [-0.39, 0.29) is 5.82 Å². The summed E-state index contributed by atoms with van der Waals surface area (Å²) < 4.78 is 13.7. The van der Waals surface area contributed by atoms with E-state index in [9.17, 15) is 4.39 Å². The highest BCUT2D eigenvalue weighted by Gasteiger charge is 2.05. The van der Waals surface area contributed by atoms with Crippen LogP contribution in [0.25, 0.3) is 0 Å². The van der Waals surface area contributed by atoms with Crippen LogP contribution in [0.15, 0.2) is 16.6 Å². The lowest BCUT2D eigenvalue weighted by molar-refractivity contribution is 0.396. The van der Waals surface area contributed by atoms with Gasteiger partial charge in [-0.25, -0.2) is 4.39 Å². The van der Waals surface area contributed by atoms with Crippen molar-refractivity contribution in [2.75, 3.05) is 38.2 Å². The van der Waals surface area contributed by atoms with Gasteiger partial charge in [-0.05, 0) is 55.5 Å². The normalized spacial score (nSPS) is 10.9. The zero-order valence-electron chi connectivity index (χ0n) is 10.3. The van der Waals surface area contributed by atoms with Crippen LogP contribution in [-0.2, 0) is 0 Å². The Labute approximate surface area is 110 Å². The van der Waals surface area contributed by atoms with Crippen LogP contribution in [-0.4, -0.2) is 32.1 Å². The molecule has 0 saturated heterocycles. The quantitative estimate of drug-likeness (QED) is 0.627. The Morgan fingerprint density at radius 3 is 2.71 bits per heavy atom. The van der Waals surface area contributed by atoms with Gasteiger partial charge in [-0.3, -0.25) is 0 Å². The molecule has 1 aromatic carbocycles. The smallest absolute Gasteiger partial charge is 0.139 e. The van der Waals surface area contributed by atoms with Crippen molar-refractivity contribution in [3.05, 3.63) is 22.4 Å². The lowest BCUT2D eigenvalue weighted by Crippen LogP contribution is -2.14. The molecular weight excluding hydrogens is 285 g/mol. The number of hydrogen-bond acceptors (Lipinski definition) is 3. The Balaban J connectivity index is 2.39. The van der Waals surface area contributed by atoms with E-state index in [0.717, 1.165) is 25.9 Å². The van der Waals surface area contributed by atoms with Crippen LogP contribution < -0.4 is 11.1 Å². The first-order valence-electron chi connectivity index (χ1n) is 5.64. The summed E-state index contributed by atoms with van der Waals surface area (Å²) in [5, 5.41) is 3.15. The molecule has 1 aromatic rings. The van der Waals surface area contributed by atoms with Gasteiger partial charge >= 0.3 is 0 Å². The molecule has 96 valence electrons. The van der Waals surface area contributed by atoms with E-state index in [1.165, 1.54) is 6.07 Å². The van der Waals surface area contributed by atoms with E-state index in [1.807, 2.05) is 0 Å². The predicted molar refractivity (Wildman–Crippen MR) is 74.8 cm³/mol. The monoisotopic (exact) mass is 303 g/mol. The largest absolute Gasteiger partial charge is 0.397 e. The van der Waals surface area contributed by atoms with Gasteiger partial charge in [0.25, 0.3) is 0 Å². The number of rotatable bonds is 6. The highest BCUT2D eigenvalue weighted by Crippen LogP contribution is 2.26. The van der Waals surface area contributed by atoms with Gasteiger partial charge in [0.1, 0.15) is 5.82 Å². The van der Waals surface area contributed by atoms with Gasteiger partial charge in [-0.2, -0.15) is 0 Å². The molecule has 0 aliphatic rings. The maximum atomic E-state index is 13.3. The van der Waals surface area contributed by atoms with Gasteiger partial charge in [-0.1, -0.05) is 0 Å². The zero-order chi connectivity index (χ0) is 12.8. The second-order valence-corrected chi connectivity index (χ2v) is 5.15. The summed E-state index contributed by atoms with van der Waals surface area (Å²) >= 11 is 3.10. The molecule has 17 heavy (non-hydrogen) atoms. The molecule has 0 aliphatic heterocycles. The van der Waals surface area contributed by atoms with Crippen LogP contribution >= 0.6 is 15.9 Å². The Hall–Kier alpha value is -0.810. The Morgan fingerprint density at radius 1 is 1.35 bits per heavy atom. The highest BCUT2D eigenvalue weighted by molar-refractivity contribution is 9.10. The number of hydrogen-bond donors (Lipinski definition) is 2. The summed E-state index contributed by atoms with van der Waals surface area (Å²) in [5.74, 6) is -0.296. The van der Waals surface area contributed by atoms with Gasteiger partial charge in [0, 0.05) is 12.6 Å². The molecule has 0 fully saturated rings. The van der Waals surface area contributed by atoms with Crippen molar-refractivity contribution in [2.24, 2.45) is 0 Å². The molecule has 1 rings (SSSR count). The van der Waals surface area contributed by atoms with Crippen molar-refractivity contribution in [3.8, 4) is 0 Å². The fourth-order valence-electron chi connectivity index (χ4n) is 1.49. The summed E-state index contributed by atoms with van der Waals surface area (Å²) in [4.78, 5) is 2.15. The van der Waals surface area contributed by atoms with Crippen LogP contribution in [0.5, 0.6) is 0 Å². The average Bonchev–Trinajstić information content (AvgIpc) is 2.24. The van der Waals surface area contributed by atoms with Gasteiger partial charge in [-0.15, -0.1) is 0 Å². The molecule has 3 N–H and O–H groups in total. The first-order chi connectivity index (χ1) is 8.00. The van der Waals surface area contributed by atoms with Crippen LogP contribution in [0.4, 0.5) is 15.8 Å². The van der Waals surface area contributed by atoms with E-state index in [2.05, 4.69) is 40.2 Å². The minimum absolute atomic E-state index is 0.296. The van der Waals surface area contributed by atoms with Crippen molar-refractivity contribution < 1.29 is 4.39 Å². The third kappa shape index (κ3) is 4.91. The van der Waals surface area contributed by atoms with Gasteiger partial charge in [0.2, 0.25) is 0 Å². The van der Waals surface area contributed by atoms with E-state index in [4.69, 9.17) is 5.73 Å². The SMILES string of the molecule is CN(C)CCCCNc1cc(F)c(Br)cc1N. The molecule has 0 amide bonds. The molecule has 0 radical (unpaired) electrons. The number of anilines is 2. The lowest BCUT2D eigenvalue weighted by atomic mass is 10.2. The molecule has 0 unspecified atom stereocenters. The molecule has 0 aliphatic carbocycles. The maximum absolute atomic E-state index is 13.3.